The summed E-state index contributed by atoms with van der Waals surface area (Å²) in [5, 5.41) is 8.66. The van der Waals surface area contributed by atoms with Crippen LogP contribution in [0.25, 0.3) is 0 Å². The van der Waals surface area contributed by atoms with Crippen molar-refractivity contribution in [1.82, 2.24) is 0 Å². The summed E-state index contributed by atoms with van der Waals surface area (Å²) >= 11 is 0. The number of phosphoric ester groups is 1. The molecule has 3 aromatic rings. The van der Waals surface area contributed by atoms with E-state index in [9.17, 15) is 4.57 Å². The summed E-state index contributed by atoms with van der Waals surface area (Å²) in [4.78, 5) is 0. The molecular formula is C39H57O5P. The molecule has 0 heterocycles. The first-order valence-electron chi connectivity index (χ1n) is 17.0. The summed E-state index contributed by atoms with van der Waals surface area (Å²) in [5.41, 5.74) is 3.23. The van der Waals surface area contributed by atoms with Crippen molar-refractivity contribution in [3.63, 3.8) is 0 Å². The minimum absolute atomic E-state index is 0.362. The number of hydrogen-bond acceptors (Lipinski definition) is 5. The summed E-state index contributed by atoms with van der Waals surface area (Å²) in [6.07, 6.45) is 23.2. The van der Waals surface area contributed by atoms with E-state index < -0.39 is 7.82 Å². The van der Waals surface area contributed by atoms with Crippen molar-refractivity contribution in [1.29, 1.82) is 0 Å². The van der Waals surface area contributed by atoms with Crippen molar-refractivity contribution >= 4 is 7.82 Å². The molecule has 0 aromatic heterocycles. The fraction of sp³-hybridized carbons (Fsp3) is 0.487. The maximum Gasteiger partial charge on any atom is 0.647 e. The van der Waals surface area contributed by atoms with Gasteiger partial charge in [-0.05, 0) is 89.3 Å². The SMILES string of the molecule is CCCCCCCC/C=C\CCCCCCCCO.Cc1ccc(OP(=O)(Oc2ccc(C)cc2)Oc2ccc(C)cc2)cc1. The summed E-state index contributed by atoms with van der Waals surface area (Å²) in [6.45, 7) is 8.54. The highest BCUT2D eigenvalue weighted by atomic mass is 31.2. The zero-order valence-corrected chi connectivity index (χ0v) is 29.1. The number of benzene rings is 3. The molecule has 5 nitrogen and oxygen atoms in total. The maximum absolute atomic E-state index is 13.3. The topological polar surface area (TPSA) is 65.0 Å². The third kappa shape index (κ3) is 18.5. The Morgan fingerprint density at radius 3 is 1.16 bits per heavy atom. The molecular weight excluding hydrogens is 579 g/mol. The lowest BCUT2D eigenvalue weighted by Gasteiger charge is -2.19. The van der Waals surface area contributed by atoms with E-state index >= 15 is 0 Å². The average molecular weight is 637 g/mol. The molecule has 3 aromatic carbocycles. The maximum atomic E-state index is 13.3. The van der Waals surface area contributed by atoms with Crippen LogP contribution in [0.15, 0.2) is 84.9 Å². The molecule has 45 heavy (non-hydrogen) atoms. The van der Waals surface area contributed by atoms with Crippen molar-refractivity contribution in [3.8, 4) is 17.2 Å². The van der Waals surface area contributed by atoms with Gasteiger partial charge in [0.05, 0.1) is 0 Å². The standard InChI is InChI=1S/C21H21O4P.C18H36O/c1-16-4-10-19(11-5-16)23-26(22,24-20-12-6-17(2)7-13-20)25-21-14-8-18(3)9-15-21;1-2-3-4-5-6-7-8-9-10-11-12-13-14-15-16-17-18-19/h4-15H,1-3H3;9-10,19H,2-8,11-18H2,1H3/b;10-9-. The average Bonchev–Trinajstić information content (AvgIpc) is 3.03. The number of unbranched alkanes of at least 4 members (excludes halogenated alkanes) is 12. The molecule has 1 N–H and O–H groups in total. The lowest BCUT2D eigenvalue weighted by molar-refractivity contribution is 0.282. The molecule has 248 valence electrons. The van der Waals surface area contributed by atoms with E-state index in [-0.39, 0.29) is 0 Å². The van der Waals surface area contributed by atoms with Gasteiger partial charge in [0.25, 0.3) is 0 Å². The van der Waals surface area contributed by atoms with Crippen LogP contribution in [-0.4, -0.2) is 11.7 Å². The van der Waals surface area contributed by atoms with Gasteiger partial charge in [-0.1, -0.05) is 130 Å². The molecule has 0 bridgehead atoms. The molecule has 6 heteroatoms. The van der Waals surface area contributed by atoms with E-state index in [2.05, 4.69) is 19.1 Å². The third-order valence-corrected chi connectivity index (χ3v) is 8.69. The summed E-state index contributed by atoms with van der Waals surface area (Å²) in [7, 11) is -3.93. The molecule has 3 rings (SSSR count). The first-order valence-corrected chi connectivity index (χ1v) is 18.4. The second-order valence-corrected chi connectivity index (χ2v) is 13.3. The molecule has 0 amide bonds. The van der Waals surface area contributed by atoms with E-state index in [1.165, 1.54) is 83.5 Å². The van der Waals surface area contributed by atoms with Crippen LogP contribution in [0.3, 0.4) is 0 Å². The van der Waals surface area contributed by atoms with Crippen molar-refractivity contribution in [2.75, 3.05) is 6.61 Å². The van der Waals surface area contributed by atoms with Crippen LogP contribution in [0.2, 0.25) is 0 Å². The summed E-state index contributed by atoms with van der Waals surface area (Å²) in [5.74, 6) is 1.24. The fourth-order valence-electron chi connectivity index (χ4n) is 4.60. The van der Waals surface area contributed by atoms with Crippen molar-refractivity contribution in [2.24, 2.45) is 0 Å². The Morgan fingerprint density at radius 1 is 0.511 bits per heavy atom. The molecule has 0 saturated carbocycles. The zero-order chi connectivity index (χ0) is 32.6. The van der Waals surface area contributed by atoms with E-state index in [0.717, 1.165) is 23.1 Å². The highest BCUT2D eigenvalue weighted by molar-refractivity contribution is 7.49. The lowest BCUT2D eigenvalue weighted by Crippen LogP contribution is -2.07. The van der Waals surface area contributed by atoms with Crippen LogP contribution >= 0.6 is 7.82 Å². The van der Waals surface area contributed by atoms with Crippen LogP contribution in [0.4, 0.5) is 0 Å². The molecule has 0 unspecified atom stereocenters. The molecule has 0 saturated heterocycles. The van der Waals surface area contributed by atoms with Gasteiger partial charge in [0.15, 0.2) is 0 Å². The normalized spacial score (nSPS) is 11.2. The van der Waals surface area contributed by atoms with Crippen LogP contribution in [0.5, 0.6) is 17.2 Å². The molecule has 0 aliphatic rings. The van der Waals surface area contributed by atoms with Gasteiger partial charge in [-0.3, -0.25) is 0 Å². The second kappa shape index (κ2) is 23.3. The number of allylic oxidation sites excluding steroid dienone is 2. The van der Waals surface area contributed by atoms with Crippen LogP contribution in [0.1, 0.15) is 114 Å². The Balaban J connectivity index is 0.000000332. The van der Waals surface area contributed by atoms with E-state index in [4.69, 9.17) is 18.7 Å². The van der Waals surface area contributed by atoms with E-state index in [0.29, 0.717) is 23.9 Å². The fourth-order valence-corrected chi connectivity index (χ4v) is 5.85. The number of rotatable bonds is 21. The molecule has 0 aliphatic heterocycles. The molecule has 0 atom stereocenters. The van der Waals surface area contributed by atoms with Gasteiger partial charge in [-0.25, -0.2) is 0 Å². The predicted octanol–water partition coefficient (Wildman–Crippen LogP) is 12.3. The Hall–Kier alpha value is -3.01. The van der Waals surface area contributed by atoms with Gasteiger partial charge in [0.2, 0.25) is 0 Å². The smallest absolute Gasteiger partial charge is 0.396 e. The Morgan fingerprint density at radius 2 is 0.822 bits per heavy atom. The van der Waals surface area contributed by atoms with Crippen molar-refractivity contribution in [3.05, 3.63) is 102 Å². The highest BCUT2D eigenvalue weighted by Gasteiger charge is 2.33. The summed E-state index contributed by atoms with van der Waals surface area (Å²) < 4.78 is 30.2. The highest BCUT2D eigenvalue weighted by Crippen LogP contribution is 2.49. The van der Waals surface area contributed by atoms with E-state index in [1.807, 2.05) is 57.2 Å². The quantitative estimate of drug-likeness (QED) is 0.0716. The number of phosphoric acid groups is 1. The first-order chi connectivity index (χ1) is 21.8. The van der Waals surface area contributed by atoms with Gasteiger partial charge in [-0.2, -0.15) is 4.57 Å². The number of aliphatic hydroxyl groups excluding tert-OH is 1. The van der Waals surface area contributed by atoms with Gasteiger partial charge in [0.1, 0.15) is 17.2 Å². The van der Waals surface area contributed by atoms with Gasteiger partial charge >= 0.3 is 7.82 Å². The van der Waals surface area contributed by atoms with Crippen molar-refractivity contribution < 1.29 is 23.2 Å². The second-order valence-electron chi connectivity index (χ2n) is 11.8. The Labute approximate surface area is 273 Å². The van der Waals surface area contributed by atoms with Gasteiger partial charge in [0, 0.05) is 6.61 Å². The lowest BCUT2D eigenvalue weighted by atomic mass is 10.1. The van der Waals surface area contributed by atoms with Gasteiger partial charge in [-0.15, -0.1) is 0 Å². The van der Waals surface area contributed by atoms with Crippen LogP contribution in [0, 0.1) is 20.8 Å². The minimum atomic E-state index is -3.93. The van der Waals surface area contributed by atoms with Gasteiger partial charge < -0.3 is 18.7 Å². The molecule has 0 radical (unpaired) electrons. The van der Waals surface area contributed by atoms with Crippen LogP contribution < -0.4 is 13.6 Å². The first kappa shape index (κ1) is 38.2. The monoisotopic (exact) mass is 636 g/mol. The zero-order valence-electron chi connectivity index (χ0n) is 28.2. The van der Waals surface area contributed by atoms with Crippen LogP contribution in [-0.2, 0) is 4.57 Å². The number of aryl methyl sites for hydroxylation is 3. The Kier molecular flexibility index (Phi) is 19.8. The number of aliphatic hydroxyl groups is 1. The molecule has 0 fully saturated rings. The summed E-state index contributed by atoms with van der Waals surface area (Å²) in [6, 6.07) is 21.6. The van der Waals surface area contributed by atoms with Crippen molar-refractivity contribution in [2.45, 2.75) is 118 Å². The molecule has 0 spiro atoms. The number of hydrogen-bond donors (Lipinski definition) is 1. The minimum Gasteiger partial charge on any atom is -0.396 e. The largest absolute Gasteiger partial charge is 0.647 e. The van der Waals surface area contributed by atoms with E-state index in [1.54, 1.807) is 36.4 Å². The predicted molar refractivity (Wildman–Crippen MR) is 190 cm³/mol. The Bertz CT molecular complexity index is 1100. The third-order valence-electron chi connectivity index (χ3n) is 7.38. The molecule has 0 aliphatic carbocycles.